The minimum absolute atomic E-state index is 0.0720. The second kappa shape index (κ2) is 29.0. The molecule has 1 aliphatic heterocycles. The van der Waals surface area contributed by atoms with Crippen molar-refractivity contribution in [2.24, 2.45) is 22.9 Å². The van der Waals surface area contributed by atoms with Gasteiger partial charge in [0.15, 0.2) is 0 Å². The highest BCUT2D eigenvalue weighted by atomic mass is 16.2. The van der Waals surface area contributed by atoms with Gasteiger partial charge in [-0.3, -0.25) is 38.8 Å². The monoisotopic (exact) mass is 520 g/mol. The molecule has 0 aromatic carbocycles. The molecule has 0 aromatic heterocycles. The van der Waals surface area contributed by atoms with E-state index in [0.717, 1.165) is 0 Å². The van der Waals surface area contributed by atoms with E-state index in [1.807, 2.05) is 75.0 Å². The first-order valence-corrected chi connectivity index (χ1v) is 13.2. The number of hydrogen-bond donors (Lipinski definition) is 4. The first kappa shape index (κ1) is 40.9. The molecule has 8 N–H and O–H groups in total. The molecule has 1 rings (SSSR count). The fourth-order valence-corrected chi connectivity index (χ4v) is 3.09. The first-order valence-electron chi connectivity index (χ1n) is 13.2. The Hall–Kier alpha value is -2.28. The van der Waals surface area contributed by atoms with Crippen molar-refractivity contribution in [2.75, 3.05) is 78.5 Å². The minimum atomic E-state index is -0.456. The summed E-state index contributed by atoms with van der Waals surface area (Å²) in [6.45, 7) is 20.3. The van der Waals surface area contributed by atoms with Gasteiger partial charge in [0.05, 0.1) is 26.2 Å². The van der Waals surface area contributed by atoms with Gasteiger partial charge >= 0.3 is 0 Å². The third-order valence-electron chi connectivity index (χ3n) is 4.45. The van der Waals surface area contributed by atoms with Crippen molar-refractivity contribution in [2.45, 2.75) is 55.4 Å². The number of nitrogens with two attached hydrogens (primary N) is 4. The van der Waals surface area contributed by atoms with Gasteiger partial charge in [-0.2, -0.15) is 0 Å². The predicted molar refractivity (Wildman–Crippen MR) is 148 cm³/mol. The molecule has 0 atom stereocenters. The molecule has 12 nitrogen and oxygen atoms in total. The first-order chi connectivity index (χ1) is 17.2. The molecule has 216 valence electrons. The van der Waals surface area contributed by atoms with Crippen LogP contribution in [0.5, 0.6) is 0 Å². The highest BCUT2D eigenvalue weighted by Gasteiger charge is 2.19. The topological polar surface area (TPSA) is 185 Å². The SMILES string of the molecule is CC.CC.CC.CC.NC(=O)CN1CCN(CC(N)=O)CCN(CC(N)=O)CCN(CC(N)=O)CC1. The summed E-state index contributed by atoms with van der Waals surface area (Å²) >= 11 is 0. The summed E-state index contributed by atoms with van der Waals surface area (Å²) in [4.78, 5) is 52.9. The maximum Gasteiger partial charge on any atom is 0.231 e. The van der Waals surface area contributed by atoms with Crippen LogP contribution in [-0.4, -0.2) is 122 Å². The Bertz CT molecular complexity index is 452. The second-order valence-electron chi connectivity index (χ2n) is 6.97. The highest BCUT2D eigenvalue weighted by Crippen LogP contribution is 2.00. The van der Waals surface area contributed by atoms with Crippen LogP contribution in [0.3, 0.4) is 0 Å². The van der Waals surface area contributed by atoms with E-state index in [2.05, 4.69) is 0 Å². The van der Waals surface area contributed by atoms with E-state index in [-0.39, 0.29) is 26.2 Å². The number of amides is 4. The van der Waals surface area contributed by atoms with Gasteiger partial charge in [-0.15, -0.1) is 0 Å². The Morgan fingerprint density at radius 2 is 0.500 bits per heavy atom. The fourth-order valence-electron chi connectivity index (χ4n) is 3.09. The van der Waals surface area contributed by atoms with Crippen molar-refractivity contribution in [3.8, 4) is 0 Å². The molecule has 0 spiro atoms. The molecule has 0 unspecified atom stereocenters. The zero-order valence-electron chi connectivity index (χ0n) is 24.2. The lowest BCUT2D eigenvalue weighted by molar-refractivity contribution is -0.121. The second-order valence-corrected chi connectivity index (χ2v) is 6.97. The molecule has 12 heteroatoms. The summed E-state index contributed by atoms with van der Waals surface area (Å²) in [5.41, 5.74) is 21.3. The molecule has 0 radical (unpaired) electrons. The van der Waals surface area contributed by atoms with Crippen molar-refractivity contribution in [3.63, 3.8) is 0 Å². The van der Waals surface area contributed by atoms with E-state index >= 15 is 0 Å². The molecule has 1 fully saturated rings. The lowest BCUT2D eigenvalue weighted by Gasteiger charge is -2.33. The quantitative estimate of drug-likeness (QED) is 0.322. The van der Waals surface area contributed by atoms with Crippen LogP contribution in [0.4, 0.5) is 0 Å². The van der Waals surface area contributed by atoms with Gasteiger partial charge in [-0.05, 0) is 0 Å². The van der Waals surface area contributed by atoms with Crippen molar-refractivity contribution in [1.82, 2.24) is 19.6 Å². The third-order valence-corrected chi connectivity index (χ3v) is 4.45. The van der Waals surface area contributed by atoms with Crippen LogP contribution in [0.15, 0.2) is 0 Å². The number of primary amides is 4. The van der Waals surface area contributed by atoms with Crippen LogP contribution < -0.4 is 22.9 Å². The average Bonchev–Trinajstić information content (AvgIpc) is 2.84. The maximum atomic E-state index is 11.4. The molecular weight excluding hydrogens is 464 g/mol. The summed E-state index contributed by atoms with van der Waals surface area (Å²) in [5, 5.41) is 0. The molecule has 1 heterocycles. The zero-order chi connectivity index (χ0) is 29.1. The molecule has 0 aromatic rings. The Morgan fingerprint density at radius 3 is 0.583 bits per heavy atom. The lowest BCUT2D eigenvalue weighted by atomic mass is 10.3. The van der Waals surface area contributed by atoms with Crippen LogP contribution in [0.1, 0.15) is 55.4 Å². The van der Waals surface area contributed by atoms with E-state index in [1.165, 1.54) is 0 Å². The van der Waals surface area contributed by atoms with Crippen molar-refractivity contribution < 1.29 is 19.2 Å². The summed E-state index contributed by atoms with van der Waals surface area (Å²) < 4.78 is 0. The van der Waals surface area contributed by atoms with Crippen LogP contribution >= 0.6 is 0 Å². The molecule has 36 heavy (non-hydrogen) atoms. The van der Waals surface area contributed by atoms with E-state index in [1.54, 1.807) is 0 Å². The normalized spacial score (nSPS) is 15.8. The van der Waals surface area contributed by atoms with E-state index in [9.17, 15) is 19.2 Å². The summed E-state index contributed by atoms with van der Waals surface area (Å²) in [6, 6.07) is 0. The summed E-state index contributed by atoms with van der Waals surface area (Å²) in [7, 11) is 0. The van der Waals surface area contributed by atoms with Crippen LogP contribution in [0.25, 0.3) is 0 Å². The molecule has 4 amide bonds. The largest absolute Gasteiger partial charge is 0.369 e. The minimum Gasteiger partial charge on any atom is -0.369 e. The van der Waals surface area contributed by atoms with Crippen molar-refractivity contribution in [1.29, 1.82) is 0 Å². The zero-order valence-corrected chi connectivity index (χ0v) is 24.2. The third kappa shape index (κ3) is 26.3. The van der Waals surface area contributed by atoms with Crippen LogP contribution in [0, 0.1) is 0 Å². The smallest absolute Gasteiger partial charge is 0.231 e. The van der Waals surface area contributed by atoms with Crippen LogP contribution in [-0.2, 0) is 19.2 Å². The van der Waals surface area contributed by atoms with E-state index in [0.29, 0.717) is 52.4 Å². The summed E-state index contributed by atoms with van der Waals surface area (Å²) in [6.07, 6.45) is 0. The van der Waals surface area contributed by atoms with Crippen LogP contribution in [0.2, 0.25) is 0 Å². The summed E-state index contributed by atoms with van der Waals surface area (Å²) in [5.74, 6) is -1.82. The standard InChI is InChI=1S/C16H32N8O4.4C2H6/c17-13(25)9-21-1-2-22(10-14(18)26)5-6-24(12-16(20)28)8-7-23(4-3-21)11-15(19)27;4*1-2/h1-12H2,(H2,17,25)(H2,18,26)(H2,19,27)(H2,20,28);4*1-2H3. The van der Waals surface area contributed by atoms with Gasteiger partial charge < -0.3 is 22.9 Å². The molecule has 1 saturated heterocycles. The number of hydrogen-bond acceptors (Lipinski definition) is 8. The van der Waals surface area contributed by atoms with Gasteiger partial charge in [-0.1, -0.05) is 55.4 Å². The van der Waals surface area contributed by atoms with Gasteiger partial charge in [0.1, 0.15) is 0 Å². The van der Waals surface area contributed by atoms with Gasteiger partial charge in [0.2, 0.25) is 23.6 Å². The number of carbonyl (C=O) groups is 4. The Balaban J connectivity index is -0.000000579. The Kier molecular flexibility index (Phi) is 32.9. The molecular formula is C24H56N8O4. The van der Waals surface area contributed by atoms with Gasteiger partial charge in [0, 0.05) is 52.4 Å². The Labute approximate surface area is 219 Å². The van der Waals surface area contributed by atoms with Crippen molar-refractivity contribution in [3.05, 3.63) is 0 Å². The average molecular weight is 521 g/mol. The maximum absolute atomic E-state index is 11.4. The van der Waals surface area contributed by atoms with Gasteiger partial charge in [-0.25, -0.2) is 0 Å². The van der Waals surface area contributed by atoms with Gasteiger partial charge in [0.25, 0.3) is 0 Å². The van der Waals surface area contributed by atoms with E-state index < -0.39 is 23.6 Å². The lowest BCUT2D eigenvalue weighted by Crippen LogP contribution is -2.50. The molecule has 0 saturated carbocycles. The number of carbonyl (C=O) groups excluding carboxylic acids is 4. The Morgan fingerprint density at radius 1 is 0.389 bits per heavy atom. The predicted octanol–water partition coefficient (Wildman–Crippen LogP) is -0.746. The fraction of sp³-hybridized carbons (Fsp3) is 0.833. The molecule has 0 aliphatic carbocycles. The van der Waals surface area contributed by atoms with E-state index in [4.69, 9.17) is 22.9 Å². The number of nitrogens with zero attached hydrogens (tertiary/aromatic N) is 4. The highest BCUT2D eigenvalue weighted by molar-refractivity contribution is 5.77. The molecule has 0 bridgehead atoms. The molecule has 1 aliphatic rings. The van der Waals surface area contributed by atoms with Crippen molar-refractivity contribution >= 4 is 23.6 Å². The number of rotatable bonds is 8.